The summed E-state index contributed by atoms with van der Waals surface area (Å²) >= 11 is 5.43. The summed E-state index contributed by atoms with van der Waals surface area (Å²) in [5.74, 6) is 5.20. The molecule has 0 saturated carbocycles. The maximum absolute atomic E-state index is 10.4. The summed E-state index contributed by atoms with van der Waals surface area (Å²) in [6.45, 7) is 0. The molecule has 0 fully saturated rings. The van der Waals surface area contributed by atoms with E-state index < -0.39 is 5.97 Å². The Kier molecular flexibility index (Phi) is 6.97. The Morgan fingerprint density at radius 1 is 1.55 bits per heavy atom. The van der Waals surface area contributed by atoms with Gasteiger partial charge in [-0.25, -0.2) is 4.79 Å². The lowest BCUT2D eigenvalue weighted by atomic mass is 10.2. The largest absolute Gasteiger partial charge is 0.459 e. The summed E-state index contributed by atoms with van der Waals surface area (Å²) < 4.78 is 4.32. The first-order valence-corrected chi connectivity index (χ1v) is 3.97. The van der Waals surface area contributed by atoms with E-state index >= 15 is 0 Å². The van der Waals surface area contributed by atoms with E-state index in [0.29, 0.717) is 12.3 Å². The number of rotatable bonds is 3. The van der Waals surface area contributed by atoms with Gasteiger partial charge in [0.15, 0.2) is 0 Å². The second-order valence-electron chi connectivity index (χ2n) is 1.94. The minimum Gasteiger partial charge on any atom is -0.459 e. The Labute approximate surface area is 71.9 Å². The molecular formula is C8H11ClO2. The molecular weight excluding hydrogens is 164 g/mol. The summed E-state index contributed by atoms with van der Waals surface area (Å²) in [6, 6.07) is 0. The Morgan fingerprint density at radius 2 is 2.27 bits per heavy atom. The van der Waals surface area contributed by atoms with Crippen LogP contribution in [0.3, 0.4) is 0 Å². The average Bonchev–Trinajstić information content (AvgIpc) is 2.04. The van der Waals surface area contributed by atoms with Crippen LogP contribution in [0.5, 0.6) is 0 Å². The van der Waals surface area contributed by atoms with Crippen molar-refractivity contribution in [3.8, 4) is 11.8 Å². The molecule has 3 heteroatoms. The van der Waals surface area contributed by atoms with Crippen LogP contribution in [0.4, 0.5) is 0 Å². The van der Waals surface area contributed by atoms with Gasteiger partial charge in [0.25, 0.3) is 0 Å². The first-order valence-electron chi connectivity index (χ1n) is 3.44. The van der Waals surface area contributed by atoms with Crippen LogP contribution in [0.1, 0.15) is 19.3 Å². The van der Waals surface area contributed by atoms with E-state index in [9.17, 15) is 4.79 Å². The third-order valence-corrected chi connectivity index (χ3v) is 1.33. The standard InChI is InChI=1S/C8H11ClO2/c1-11-8(10)6-4-2-3-5-7-9/h2-3,5,7H2,1H3. The van der Waals surface area contributed by atoms with Crippen LogP contribution in [0, 0.1) is 11.8 Å². The molecule has 2 nitrogen and oxygen atoms in total. The van der Waals surface area contributed by atoms with Crippen molar-refractivity contribution in [2.45, 2.75) is 19.3 Å². The molecule has 0 unspecified atom stereocenters. The molecule has 0 N–H and O–H groups in total. The topological polar surface area (TPSA) is 26.3 Å². The smallest absolute Gasteiger partial charge is 0.384 e. The molecule has 0 heterocycles. The van der Waals surface area contributed by atoms with E-state index in [1.807, 2.05) is 0 Å². The number of halogens is 1. The first kappa shape index (κ1) is 10.3. The van der Waals surface area contributed by atoms with Gasteiger partial charge in [0.2, 0.25) is 0 Å². The van der Waals surface area contributed by atoms with Gasteiger partial charge in [-0.1, -0.05) is 5.92 Å². The van der Waals surface area contributed by atoms with E-state index in [4.69, 9.17) is 11.6 Å². The minimum atomic E-state index is -0.476. The van der Waals surface area contributed by atoms with Crippen LogP contribution >= 0.6 is 11.6 Å². The van der Waals surface area contributed by atoms with Gasteiger partial charge in [0.1, 0.15) is 0 Å². The summed E-state index contributed by atoms with van der Waals surface area (Å²) in [5.41, 5.74) is 0. The third kappa shape index (κ3) is 7.21. The maximum atomic E-state index is 10.4. The van der Waals surface area contributed by atoms with Crippen molar-refractivity contribution in [1.29, 1.82) is 0 Å². The van der Waals surface area contributed by atoms with Gasteiger partial charge in [-0.15, -0.1) is 11.6 Å². The quantitative estimate of drug-likeness (QED) is 0.214. The lowest BCUT2D eigenvalue weighted by Crippen LogP contribution is -1.94. The molecule has 0 amide bonds. The number of methoxy groups -OCH3 is 1. The van der Waals surface area contributed by atoms with Gasteiger partial charge in [0, 0.05) is 18.2 Å². The van der Waals surface area contributed by atoms with Crippen molar-refractivity contribution in [3.05, 3.63) is 0 Å². The van der Waals surface area contributed by atoms with Gasteiger partial charge in [-0.3, -0.25) is 0 Å². The van der Waals surface area contributed by atoms with E-state index in [-0.39, 0.29) is 0 Å². The zero-order valence-corrected chi connectivity index (χ0v) is 7.28. The zero-order chi connectivity index (χ0) is 8.53. The molecule has 62 valence electrons. The lowest BCUT2D eigenvalue weighted by molar-refractivity contribution is -0.133. The van der Waals surface area contributed by atoms with Crippen molar-refractivity contribution in [1.82, 2.24) is 0 Å². The van der Waals surface area contributed by atoms with Gasteiger partial charge in [0.05, 0.1) is 7.11 Å². The number of alkyl halides is 1. The van der Waals surface area contributed by atoms with Gasteiger partial charge in [-0.2, -0.15) is 0 Å². The van der Waals surface area contributed by atoms with E-state index in [1.54, 1.807) is 0 Å². The van der Waals surface area contributed by atoms with Crippen molar-refractivity contribution in [2.75, 3.05) is 13.0 Å². The summed E-state index contributed by atoms with van der Waals surface area (Å²) in [5, 5.41) is 0. The number of unbranched alkanes of at least 4 members (excludes halogenated alkanes) is 2. The average molecular weight is 175 g/mol. The predicted octanol–water partition coefficient (Wildman–Crippen LogP) is 1.57. The highest BCUT2D eigenvalue weighted by Crippen LogP contribution is 1.94. The lowest BCUT2D eigenvalue weighted by Gasteiger charge is -1.87. The molecule has 0 spiro atoms. The van der Waals surface area contributed by atoms with Crippen molar-refractivity contribution in [2.24, 2.45) is 0 Å². The Bertz CT molecular complexity index is 167. The Hall–Kier alpha value is -0.680. The second kappa shape index (κ2) is 7.43. The molecule has 0 aliphatic heterocycles. The fourth-order valence-electron chi connectivity index (χ4n) is 0.494. The van der Waals surface area contributed by atoms with E-state index in [1.165, 1.54) is 7.11 Å². The van der Waals surface area contributed by atoms with Crippen LogP contribution in [-0.4, -0.2) is 19.0 Å². The minimum absolute atomic E-state index is 0.476. The maximum Gasteiger partial charge on any atom is 0.384 e. The number of esters is 1. The fourth-order valence-corrected chi connectivity index (χ4v) is 0.683. The highest BCUT2D eigenvalue weighted by atomic mass is 35.5. The van der Waals surface area contributed by atoms with Gasteiger partial charge in [-0.05, 0) is 12.8 Å². The van der Waals surface area contributed by atoms with E-state index in [2.05, 4.69) is 16.6 Å². The molecule has 0 aliphatic carbocycles. The number of ether oxygens (including phenoxy) is 1. The van der Waals surface area contributed by atoms with Crippen molar-refractivity contribution >= 4 is 17.6 Å². The first-order chi connectivity index (χ1) is 5.31. The predicted molar refractivity (Wildman–Crippen MR) is 44.4 cm³/mol. The molecule has 0 radical (unpaired) electrons. The third-order valence-electron chi connectivity index (χ3n) is 1.06. The monoisotopic (exact) mass is 174 g/mol. The molecule has 0 aliphatic rings. The van der Waals surface area contributed by atoms with Crippen LogP contribution in [-0.2, 0) is 9.53 Å². The molecule has 0 rings (SSSR count). The van der Waals surface area contributed by atoms with E-state index in [0.717, 1.165) is 12.8 Å². The van der Waals surface area contributed by atoms with Crippen LogP contribution < -0.4 is 0 Å². The fraction of sp³-hybridized carbons (Fsp3) is 0.625. The normalized spacial score (nSPS) is 8.18. The van der Waals surface area contributed by atoms with Crippen molar-refractivity contribution in [3.63, 3.8) is 0 Å². The highest BCUT2D eigenvalue weighted by molar-refractivity contribution is 6.17. The number of carbonyl (C=O) groups is 1. The number of hydrogen-bond acceptors (Lipinski definition) is 2. The molecule has 0 bridgehead atoms. The Balaban J connectivity index is 3.32. The molecule has 0 aromatic heterocycles. The van der Waals surface area contributed by atoms with Crippen molar-refractivity contribution < 1.29 is 9.53 Å². The molecule has 0 aromatic rings. The Morgan fingerprint density at radius 3 is 2.82 bits per heavy atom. The van der Waals surface area contributed by atoms with Gasteiger partial charge < -0.3 is 4.74 Å². The number of carbonyl (C=O) groups excluding carboxylic acids is 1. The van der Waals surface area contributed by atoms with Crippen LogP contribution in [0.2, 0.25) is 0 Å². The molecule has 0 saturated heterocycles. The van der Waals surface area contributed by atoms with Crippen LogP contribution in [0.15, 0.2) is 0 Å². The molecule has 0 atom stereocenters. The van der Waals surface area contributed by atoms with Gasteiger partial charge >= 0.3 is 5.97 Å². The molecule has 0 aromatic carbocycles. The van der Waals surface area contributed by atoms with Crippen LogP contribution in [0.25, 0.3) is 0 Å². The number of hydrogen-bond donors (Lipinski definition) is 0. The SMILES string of the molecule is COC(=O)C#CCCCCCl. The summed E-state index contributed by atoms with van der Waals surface area (Å²) in [6.07, 6.45) is 2.59. The summed E-state index contributed by atoms with van der Waals surface area (Å²) in [4.78, 5) is 10.4. The summed E-state index contributed by atoms with van der Waals surface area (Å²) in [7, 11) is 1.32. The molecule has 11 heavy (non-hydrogen) atoms. The second-order valence-corrected chi connectivity index (χ2v) is 2.32. The zero-order valence-electron chi connectivity index (χ0n) is 6.52. The highest BCUT2D eigenvalue weighted by Gasteiger charge is 1.88.